The van der Waals surface area contributed by atoms with E-state index in [-0.39, 0.29) is 54.1 Å². The predicted octanol–water partition coefficient (Wildman–Crippen LogP) is 1.69. The van der Waals surface area contributed by atoms with E-state index in [2.05, 4.69) is 20.7 Å². The van der Waals surface area contributed by atoms with Crippen molar-refractivity contribution in [3.63, 3.8) is 0 Å². The molecule has 0 atom stereocenters. The van der Waals surface area contributed by atoms with Crippen LogP contribution < -0.4 is 5.21 Å². The zero-order chi connectivity index (χ0) is 11.5. The summed E-state index contributed by atoms with van der Waals surface area (Å²) in [5, 5.41) is 13.8. The minimum absolute atomic E-state index is 0. The van der Waals surface area contributed by atoms with Crippen LogP contribution in [-0.2, 0) is 0 Å². The molecule has 1 aromatic heterocycles. The summed E-state index contributed by atoms with van der Waals surface area (Å²) in [7, 11) is 0. The van der Waals surface area contributed by atoms with Crippen LogP contribution in [0.4, 0.5) is 10.1 Å². The standard InChI is InChI=1S/C9H5ClFN4O.Ca/c10-6-3-5(11)1-2-7(6)13-9(16)8-4-12-15-14-8;/h1-4H,(H-,12,13,14,15,16);/q-1;+2/p-1. The second kappa shape index (κ2) is 6.30. The van der Waals surface area contributed by atoms with Gasteiger partial charge in [-0.05, 0) is 12.1 Å². The topological polar surface area (TPSA) is 71.1 Å². The smallest absolute Gasteiger partial charge is 0.620 e. The van der Waals surface area contributed by atoms with E-state index in [0.29, 0.717) is 0 Å². The predicted molar refractivity (Wildman–Crippen MR) is 59.9 cm³/mol. The first-order chi connectivity index (χ1) is 7.66. The quantitative estimate of drug-likeness (QED) is 0.784. The average molecular weight is 279 g/mol. The molecule has 1 amide bonds. The normalized spacial score (nSPS) is 9.53. The summed E-state index contributed by atoms with van der Waals surface area (Å²) in [5.74, 6) is -1.12. The summed E-state index contributed by atoms with van der Waals surface area (Å²) < 4.78 is 12.7. The Bertz CT molecular complexity index is 520. The van der Waals surface area contributed by atoms with Gasteiger partial charge in [-0.2, -0.15) is 0 Å². The molecule has 2 rings (SSSR count). The van der Waals surface area contributed by atoms with Crippen molar-refractivity contribution >= 4 is 60.9 Å². The van der Waals surface area contributed by atoms with Crippen LogP contribution in [0.1, 0.15) is 10.5 Å². The molecule has 0 aliphatic heterocycles. The number of rotatable bonds is 2. The van der Waals surface area contributed by atoms with E-state index < -0.39 is 11.7 Å². The van der Waals surface area contributed by atoms with Crippen LogP contribution in [0.3, 0.4) is 0 Å². The summed E-state index contributed by atoms with van der Waals surface area (Å²) in [4.78, 5) is 11.5. The SMILES string of the molecule is O=C([N-]c1ccc(F)cc1Cl)c1cn[n-]n1.[Ca+2]. The van der Waals surface area contributed by atoms with Crippen molar-refractivity contribution in [2.45, 2.75) is 0 Å². The first-order valence-electron chi connectivity index (χ1n) is 4.19. The van der Waals surface area contributed by atoms with Crippen LogP contribution >= 0.6 is 11.6 Å². The third-order valence-corrected chi connectivity index (χ3v) is 2.04. The van der Waals surface area contributed by atoms with E-state index in [1.807, 2.05) is 0 Å². The van der Waals surface area contributed by atoms with Gasteiger partial charge in [0.05, 0.1) is 5.69 Å². The Hall–Kier alpha value is -0.690. The first kappa shape index (κ1) is 14.4. The molecule has 1 aromatic carbocycles. The molecule has 0 aliphatic rings. The van der Waals surface area contributed by atoms with Crippen LogP contribution in [0, 0.1) is 5.82 Å². The van der Waals surface area contributed by atoms with Crippen molar-refractivity contribution in [2.24, 2.45) is 0 Å². The van der Waals surface area contributed by atoms with Gasteiger partial charge in [0.1, 0.15) is 11.7 Å². The molecular weight excluding hydrogens is 275 g/mol. The third-order valence-electron chi connectivity index (χ3n) is 1.73. The van der Waals surface area contributed by atoms with Gasteiger partial charge in [0.2, 0.25) is 0 Å². The molecule has 0 radical (unpaired) electrons. The Kier molecular flexibility index (Phi) is 5.32. The molecule has 0 aliphatic carbocycles. The van der Waals surface area contributed by atoms with E-state index in [0.717, 1.165) is 12.1 Å². The Labute approximate surface area is 131 Å². The molecule has 0 N–H and O–H groups in total. The van der Waals surface area contributed by atoms with Crippen LogP contribution in [0.25, 0.3) is 5.32 Å². The van der Waals surface area contributed by atoms with Crippen LogP contribution in [0.15, 0.2) is 24.4 Å². The zero-order valence-corrected chi connectivity index (χ0v) is 11.4. The van der Waals surface area contributed by atoms with E-state index in [9.17, 15) is 9.18 Å². The molecular formula is C9H4CaClFN4O. The number of halogens is 2. The molecule has 1 heterocycles. The number of carbonyl (C=O) groups excluding carboxylic acids is 1. The van der Waals surface area contributed by atoms with Gasteiger partial charge >= 0.3 is 37.7 Å². The minimum atomic E-state index is -0.626. The fourth-order valence-corrected chi connectivity index (χ4v) is 1.23. The van der Waals surface area contributed by atoms with E-state index in [4.69, 9.17) is 11.6 Å². The van der Waals surface area contributed by atoms with Crippen molar-refractivity contribution in [3.8, 4) is 0 Å². The van der Waals surface area contributed by atoms with Crippen molar-refractivity contribution < 1.29 is 9.18 Å². The number of hydrogen-bond donors (Lipinski definition) is 0. The van der Waals surface area contributed by atoms with Gasteiger partial charge in [0.25, 0.3) is 0 Å². The molecule has 0 bridgehead atoms. The number of carbonyl (C=O) groups is 1. The molecule has 0 spiro atoms. The molecule has 2 aromatic rings. The van der Waals surface area contributed by atoms with Crippen molar-refractivity contribution in [1.29, 1.82) is 0 Å². The number of nitrogens with zero attached hydrogens (tertiary/aromatic N) is 4. The summed E-state index contributed by atoms with van der Waals surface area (Å²) in [6.45, 7) is 0. The Balaban J connectivity index is 0.00000144. The minimum Gasteiger partial charge on any atom is -0.620 e. The molecule has 8 heteroatoms. The maximum absolute atomic E-state index is 12.7. The maximum Gasteiger partial charge on any atom is 2.00 e. The maximum atomic E-state index is 12.7. The van der Waals surface area contributed by atoms with Gasteiger partial charge in [-0.15, -0.1) is 5.69 Å². The van der Waals surface area contributed by atoms with Crippen molar-refractivity contribution in [3.05, 3.63) is 46.2 Å². The Morgan fingerprint density at radius 2 is 2.24 bits per heavy atom. The summed E-state index contributed by atoms with van der Waals surface area (Å²) in [6, 6.07) is 3.54. The van der Waals surface area contributed by atoms with Gasteiger partial charge in [-0.25, -0.2) is 4.39 Å². The average Bonchev–Trinajstić information content (AvgIpc) is 2.75. The summed E-state index contributed by atoms with van der Waals surface area (Å²) >= 11 is 5.70. The Morgan fingerprint density at radius 1 is 1.47 bits per heavy atom. The monoisotopic (exact) mass is 278 g/mol. The third kappa shape index (κ3) is 3.64. The first-order valence-corrected chi connectivity index (χ1v) is 4.57. The largest absolute Gasteiger partial charge is 2.00 e. The van der Waals surface area contributed by atoms with Gasteiger partial charge in [-0.3, -0.25) is 0 Å². The molecule has 0 saturated heterocycles. The molecule has 0 unspecified atom stereocenters. The fourth-order valence-electron chi connectivity index (χ4n) is 1.02. The molecule has 17 heavy (non-hydrogen) atoms. The van der Waals surface area contributed by atoms with Crippen molar-refractivity contribution in [2.75, 3.05) is 0 Å². The van der Waals surface area contributed by atoms with Gasteiger partial charge < -0.3 is 25.5 Å². The van der Waals surface area contributed by atoms with E-state index in [1.54, 1.807) is 0 Å². The van der Waals surface area contributed by atoms with Crippen molar-refractivity contribution in [1.82, 2.24) is 15.4 Å². The Morgan fingerprint density at radius 3 is 2.82 bits per heavy atom. The van der Waals surface area contributed by atoms with Gasteiger partial charge in [-0.1, -0.05) is 17.7 Å². The molecule has 5 nitrogen and oxygen atoms in total. The van der Waals surface area contributed by atoms with Gasteiger partial charge in [0.15, 0.2) is 0 Å². The van der Waals surface area contributed by atoms with Crippen LogP contribution in [-0.4, -0.2) is 53.8 Å². The number of benzene rings is 1. The second-order valence-electron chi connectivity index (χ2n) is 2.83. The molecule has 82 valence electrons. The number of hydrogen-bond acceptors (Lipinski definition) is 3. The fraction of sp³-hybridized carbons (Fsp3) is 0. The van der Waals surface area contributed by atoms with E-state index in [1.165, 1.54) is 12.3 Å². The number of amides is 1. The summed E-state index contributed by atoms with van der Waals surface area (Å²) in [5.41, 5.74) is 0.191. The van der Waals surface area contributed by atoms with Gasteiger partial charge in [0, 0.05) is 11.2 Å². The number of aromatic nitrogens is 3. The molecule has 0 saturated carbocycles. The van der Waals surface area contributed by atoms with Crippen LogP contribution in [0.2, 0.25) is 5.02 Å². The van der Waals surface area contributed by atoms with Crippen LogP contribution in [0.5, 0.6) is 0 Å². The van der Waals surface area contributed by atoms with E-state index >= 15 is 0 Å². The summed E-state index contributed by atoms with van der Waals surface area (Å²) in [6.07, 6.45) is 1.18. The second-order valence-corrected chi connectivity index (χ2v) is 3.24. The molecule has 0 fully saturated rings. The zero-order valence-electron chi connectivity index (χ0n) is 8.47.